The van der Waals surface area contributed by atoms with Crippen LogP contribution in [0.2, 0.25) is 0 Å². The monoisotopic (exact) mass is 195 g/mol. The molecule has 0 heterocycles. The molecule has 1 unspecified atom stereocenters. The Morgan fingerprint density at radius 3 is 2.36 bits per heavy atom. The van der Waals surface area contributed by atoms with Crippen molar-refractivity contribution in [2.75, 3.05) is 6.54 Å². The van der Waals surface area contributed by atoms with Crippen molar-refractivity contribution in [3.05, 3.63) is 0 Å². The van der Waals surface area contributed by atoms with Gasteiger partial charge in [-0.3, -0.25) is 0 Å². The zero-order valence-corrected chi connectivity index (χ0v) is 10.2. The van der Waals surface area contributed by atoms with Crippen LogP contribution in [0.5, 0.6) is 0 Å². The molecule has 0 aromatic heterocycles. The Labute approximate surface area is 89.7 Å². The maximum Gasteiger partial charge on any atom is 0.0103 e. The highest BCUT2D eigenvalue weighted by molar-refractivity contribution is 4.95. The second kappa shape index (κ2) is 9.09. The fourth-order valence-corrected chi connectivity index (χ4v) is 1.54. The molecule has 0 saturated carbocycles. The number of hydrogen-bond acceptors (Lipinski definition) is 1. The van der Waals surface area contributed by atoms with Gasteiger partial charge in [-0.05, 0) is 38.6 Å². The summed E-state index contributed by atoms with van der Waals surface area (Å²) in [6, 6.07) is 0.670. The summed E-state index contributed by atoms with van der Waals surface area (Å²) < 4.78 is 0. The highest BCUT2D eigenvalue weighted by Gasteiger charge is 2.06. The van der Waals surface area contributed by atoms with Crippen LogP contribution in [0.1, 0.15) is 53.4 Å². The molecule has 14 heavy (non-hydrogen) atoms. The molecular formula is C13H25N. The fraction of sp³-hybridized carbons (Fsp3) is 0.846. The maximum absolute atomic E-state index is 3.53. The molecule has 82 valence electrons. The van der Waals surface area contributed by atoms with Crippen LogP contribution in [0.15, 0.2) is 0 Å². The minimum Gasteiger partial charge on any atom is -0.314 e. The van der Waals surface area contributed by atoms with Gasteiger partial charge < -0.3 is 5.32 Å². The SMILES string of the molecule is CC#CCCC(CCC(C)C)NCC. The molecule has 0 saturated heterocycles. The first-order valence-electron chi connectivity index (χ1n) is 5.83. The van der Waals surface area contributed by atoms with Crippen molar-refractivity contribution in [3.63, 3.8) is 0 Å². The van der Waals surface area contributed by atoms with Gasteiger partial charge in [0, 0.05) is 12.5 Å². The molecule has 0 amide bonds. The third-order valence-electron chi connectivity index (χ3n) is 2.38. The van der Waals surface area contributed by atoms with Gasteiger partial charge in [0.25, 0.3) is 0 Å². The quantitative estimate of drug-likeness (QED) is 0.615. The van der Waals surface area contributed by atoms with Gasteiger partial charge in [-0.2, -0.15) is 0 Å². The number of nitrogens with one attached hydrogen (secondary N) is 1. The predicted molar refractivity (Wildman–Crippen MR) is 64.2 cm³/mol. The van der Waals surface area contributed by atoms with Gasteiger partial charge in [-0.1, -0.05) is 20.8 Å². The van der Waals surface area contributed by atoms with E-state index in [1.165, 1.54) is 19.3 Å². The predicted octanol–water partition coefficient (Wildman–Crippen LogP) is 3.20. The minimum absolute atomic E-state index is 0.670. The summed E-state index contributed by atoms with van der Waals surface area (Å²) >= 11 is 0. The molecule has 0 aliphatic rings. The Hall–Kier alpha value is -0.480. The first-order valence-corrected chi connectivity index (χ1v) is 5.83. The molecule has 0 rings (SSSR count). The van der Waals surface area contributed by atoms with Gasteiger partial charge in [0.2, 0.25) is 0 Å². The standard InChI is InChI=1S/C13H25N/c1-5-7-8-9-13(14-6-2)11-10-12(3)4/h12-14H,6,8-11H2,1-4H3. The minimum atomic E-state index is 0.670. The average molecular weight is 195 g/mol. The van der Waals surface area contributed by atoms with Crippen LogP contribution in [-0.2, 0) is 0 Å². The van der Waals surface area contributed by atoms with E-state index in [1.54, 1.807) is 0 Å². The second-order valence-corrected chi connectivity index (χ2v) is 4.19. The first-order chi connectivity index (χ1) is 6.70. The van der Waals surface area contributed by atoms with Crippen LogP contribution in [0.3, 0.4) is 0 Å². The van der Waals surface area contributed by atoms with Gasteiger partial charge in [0.1, 0.15) is 0 Å². The zero-order chi connectivity index (χ0) is 10.8. The van der Waals surface area contributed by atoms with Crippen molar-refractivity contribution >= 4 is 0 Å². The van der Waals surface area contributed by atoms with Crippen molar-refractivity contribution in [3.8, 4) is 11.8 Å². The van der Waals surface area contributed by atoms with Gasteiger partial charge in [0.15, 0.2) is 0 Å². The second-order valence-electron chi connectivity index (χ2n) is 4.19. The topological polar surface area (TPSA) is 12.0 Å². The zero-order valence-electron chi connectivity index (χ0n) is 10.2. The number of hydrogen-bond donors (Lipinski definition) is 1. The largest absolute Gasteiger partial charge is 0.314 e. The van der Waals surface area contributed by atoms with Crippen molar-refractivity contribution < 1.29 is 0 Å². The molecule has 0 spiro atoms. The van der Waals surface area contributed by atoms with Crippen molar-refractivity contribution in [2.45, 2.75) is 59.4 Å². The van der Waals surface area contributed by atoms with Gasteiger partial charge in [-0.15, -0.1) is 11.8 Å². The molecule has 0 radical (unpaired) electrons. The van der Waals surface area contributed by atoms with E-state index in [2.05, 4.69) is 37.9 Å². The van der Waals surface area contributed by atoms with Crippen LogP contribution in [-0.4, -0.2) is 12.6 Å². The molecular weight excluding hydrogens is 170 g/mol. The normalized spacial score (nSPS) is 12.4. The Kier molecular flexibility index (Phi) is 8.78. The third-order valence-corrected chi connectivity index (χ3v) is 2.38. The molecule has 0 aliphatic heterocycles. The molecule has 0 aliphatic carbocycles. The maximum atomic E-state index is 3.53. The molecule has 0 bridgehead atoms. The van der Waals surface area contributed by atoms with Gasteiger partial charge in [0.05, 0.1) is 0 Å². The molecule has 1 heteroatoms. The summed E-state index contributed by atoms with van der Waals surface area (Å²) in [5, 5.41) is 3.53. The fourth-order valence-electron chi connectivity index (χ4n) is 1.54. The van der Waals surface area contributed by atoms with Crippen LogP contribution >= 0.6 is 0 Å². The lowest BCUT2D eigenvalue weighted by molar-refractivity contribution is 0.420. The van der Waals surface area contributed by atoms with Crippen LogP contribution in [0.25, 0.3) is 0 Å². The molecule has 0 fully saturated rings. The van der Waals surface area contributed by atoms with E-state index < -0.39 is 0 Å². The molecule has 1 nitrogen and oxygen atoms in total. The van der Waals surface area contributed by atoms with Gasteiger partial charge in [-0.25, -0.2) is 0 Å². The first kappa shape index (κ1) is 13.5. The van der Waals surface area contributed by atoms with E-state index in [4.69, 9.17) is 0 Å². The van der Waals surface area contributed by atoms with E-state index in [1.807, 2.05) is 6.92 Å². The Morgan fingerprint density at radius 2 is 1.86 bits per heavy atom. The van der Waals surface area contributed by atoms with E-state index in [9.17, 15) is 0 Å². The summed E-state index contributed by atoms with van der Waals surface area (Å²) in [6.07, 6.45) is 4.84. The van der Waals surface area contributed by atoms with Gasteiger partial charge >= 0.3 is 0 Å². The van der Waals surface area contributed by atoms with Crippen molar-refractivity contribution in [1.82, 2.24) is 5.32 Å². The van der Waals surface area contributed by atoms with E-state index in [-0.39, 0.29) is 0 Å². The van der Waals surface area contributed by atoms with E-state index in [0.717, 1.165) is 18.9 Å². The molecule has 0 aromatic carbocycles. The molecule has 1 N–H and O–H groups in total. The Bertz CT molecular complexity index is 173. The Balaban J connectivity index is 3.68. The average Bonchev–Trinajstić information content (AvgIpc) is 2.14. The summed E-state index contributed by atoms with van der Waals surface area (Å²) in [7, 11) is 0. The van der Waals surface area contributed by atoms with E-state index >= 15 is 0 Å². The third kappa shape index (κ3) is 8.13. The lowest BCUT2D eigenvalue weighted by atomic mass is 10.00. The van der Waals surface area contributed by atoms with Crippen LogP contribution < -0.4 is 5.32 Å². The highest BCUT2D eigenvalue weighted by atomic mass is 14.9. The lowest BCUT2D eigenvalue weighted by Gasteiger charge is -2.17. The summed E-state index contributed by atoms with van der Waals surface area (Å²) in [5.41, 5.74) is 0. The van der Waals surface area contributed by atoms with Crippen LogP contribution in [0, 0.1) is 17.8 Å². The number of rotatable bonds is 7. The summed E-state index contributed by atoms with van der Waals surface area (Å²) in [6.45, 7) is 9.73. The summed E-state index contributed by atoms with van der Waals surface area (Å²) in [5.74, 6) is 6.90. The molecule has 1 atom stereocenters. The summed E-state index contributed by atoms with van der Waals surface area (Å²) in [4.78, 5) is 0. The van der Waals surface area contributed by atoms with Crippen LogP contribution in [0.4, 0.5) is 0 Å². The smallest absolute Gasteiger partial charge is 0.0103 e. The van der Waals surface area contributed by atoms with Crippen molar-refractivity contribution in [2.24, 2.45) is 5.92 Å². The van der Waals surface area contributed by atoms with E-state index in [0.29, 0.717) is 6.04 Å². The van der Waals surface area contributed by atoms with Crippen molar-refractivity contribution in [1.29, 1.82) is 0 Å². The Morgan fingerprint density at radius 1 is 1.14 bits per heavy atom. The highest BCUT2D eigenvalue weighted by Crippen LogP contribution is 2.10. The molecule has 0 aromatic rings. The lowest BCUT2D eigenvalue weighted by Crippen LogP contribution is -2.29.